The molecule has 0 atom stereocenters. The Kier molecular flexibility index (Phi) is 6.83. The third-order valence-corrected chi connectivity index (χ3v) is 4.95. The molecule has 30 heavy (non-hydrogen) atoms. The van der Waals surface area contributed by atoms with Gasteiger partial charge in [-0.2, -0.15) is 4.39 Å². The normalized spacial score (nSPS) is 11.0. The van der Waals surface area contributed by atoms with E-state index in [-0.39, 0.29) is 23.6 Å². The van der Waals surface area contributed by atoms with Gasteiger partial charge < -0.3 is 10.2 Å². The van der Waals surface area contributed by atoms with Crippen LogP contribution >= 0.6 is 0 Å². The molecule has 0 saturated heterocycles. The number of rotatable bonds is 7. The molecule has 1 N–H and O–H groups in total. The number of amides is 1. The minimum Gasteiger partial charge on any atom is -0.379 e. The molecule has 0 bridgehead atoms. The maximum Gasteiger partial charge on any atom is 0.258 e. The number of carbonyl (C=O) groups is 1. The summed E-state index contributed by atoms with van der Waals surface area (Å²) in [6.07, 6.45) is 0. The SMILES string of the molecule is CC(C)N(C(=O)c1ccc(CNc2ccc(-c3ccccc3)cc2)nc1F)C(C)C. The average molecular weight is 406 g/mol. The van der Waals surface area contributed by atoms with Gasteiger partial charge in [-0.25, -0.2) is 4.98 Å². The summed E-state index contributed by atoms with van der Waals surface area (Å²) in [4.78, 5) is 18.4. The lowest BCUT2D eigenvalue weighted by molar-refractivity contribution is 0.0637. The van der Waals surface area contributed by atoms with E-state index in [4.69, 9.17) is 0 Å². The number of carbonyl (C=O) groups excluding carboxylic acids is 1. The number of pyridine rings is 1. The summed E-state index contributed by atoms with van der Waals surface area (Å²) in [6.45, 7) is 8.05. The van der Waals surface area contributed by atoms with Crippen LogP contribution in [0.5, 0.6) is 0 Å². The van der Waals surface area contributed by atoms with Crippen LogP contribution in [0, 0.1) is 5.95 Å². The van der Waals surface area contributed by atoms with Gasteiger partial charge in [0.25, 0.3) is 5.91 Å². The van der Waals surface area contributed by atoms with Crippen molar-refractivity contribution in [3.63, 3.8) is 0 Å². The van der Waals surface area contributed by atoms with Crippen molar-refractivity contribution >= 4 is 11.6 Å². The van der Waals surface area contributed by atoms with E-state index < -0.39 is 5.95 Å². The van der Waals surface area contributed by atoms with E-state index in [0.717, 1.165) is 16.8 Å². The monoisotopic (exact) mass is 405 g/mol. The van der Waals surface area contributed by atoms with E-state index in [1.807, 2.05) is 70.2 Å². The number of nitrogens with zero attached hydrogens (tertiary/aromatic N) is 2. The van der Waals surface area contributed by atoms with Crippen molar-refractivity contribution in [3.05, 3.63) is 83.9 Å². The average Bonchev–Trinajstić information content (AvgIpc) is 2.72. The van der Waals surface area contributed by atoms with Crippen LogP contribution in [-0.2, 0) is 6.54 Å². The van der Waals surface area contributed by atoms with Gasteiger partial charge in [-0.05, 0) is 63.1 Å². The fourth-order valence-electron chi connectivity index (χ4n) is 3.54. The first-order valence-electron chi connectivity index (χ1n) is 10.2. The molecule has 1 aromatic heterocycles. The lowest BCUT2D eigenvalue weighted by atomic mass is 10.1. The van der Waals surface area contributed by atoms with Crippen LogP contribution in [0.4, 0.5) is 10.1 Å². The fraction of sp³-hybridized carbons (Fsp3) is 0.280. The summed E-state index contributed by atoms with van der Waals surface area (Å²) < 4.78 is 14.6. The van der Waals surface area contributed by atoms with E-state index in [9.17, 15) is 9.18 Å². The Morgan fingerprint density at radius 1 is 0.900 bits per heavy atom. The molecule has 0 aliphatic rings. The maximum atomic E-state index is 14.6. The van der Waals surface area contributed by atoms with Gasteiger partial charge in [0.05, 0.1) is 17.8 Å². The molecule has 1 heterocycles. The largest absolute Gasteiger partial charge is 0.379 e. The maximum absolute atomic E-state index is 14.6. The first-order valence-corrected chi connectivity index (χ1v) is 10.2. The Morgan fingerprint density at radius 2 is 1.50 bits per heavy atom. The molecule has 3 aromatic rings. The Bertz CT molecular complexity index is 977. The van der Waals surface area contributed by atoms with E-state index in [1.165, 1.54) is 6.07 Å². The molecule has 4 nitrogen and oxygen atoms in total. The van der Waals surface area contributed by atoms with Crippen LogP contribution in [0.3, 0.4) is 0 Å². The number of halogens is 1. The predicted molar refractivity (Wildman–Crippen MR) is 120 cm³/mol. The summed E-state index contributed by atoms with van der Waals surface area (Å²) >= 11 is 0. The molecule has 2 aromatic carbocycles. The topological polar surface area (TPSA) is 45.2 Å². The lowest BCUT2D eigenvalue weighted by Gasteiger charge is -2.30. The quantitative estimate of drug-likeness (QED) is 0.509. The Morgan fingerprint density at radius 3 is 2.07 bits per heavy atom. The second kappa shape index (κ2) is 9.53. The van der Waals surface area contributed by atoms with Crippen molar-refractivity contribution in [2.75, 3.05) is 5.32 Å². The number of aromatic nitrogens is 1. The number of anilines is 1. The second-order valence-electron chi connectivity index (χ2n) is 7.84. The Balaban J connectivity index is 1.67. The van der Waals surface area contributed by atoms with Crippen molar-refractivity contribution in [2.24, 2.45) is 0 Å². The van der Waals surface area contributed by atoms with E-state index in [1.54, 1.807) is 11.0 Å². The van der Waals surface area contributed by atoms with Crippen LogP contribution < -0.4 is 5.32 Å². The number of hydrogen-bond donors (Lipinski definition) is 1. The van der Waals surface area contributed by atoms with Crippen molar-refractivity contribution in [1.82, 2.24) is 9.88 Å². The van der Waals surface area contributed by atoms with Gasteiger partial charge in [0.15, 0.2) is 0 Å². The van der Waals surface area contributed by atoms with Gasteiger partial charge in [0.2, 0.25) is 5.95 Å². The predicted octanol–water partition coefficient (Wildman–Crippen LogP) is 5.76. The van der Waals surface area contributed by atoms with Crippen molar-refractivity contribution < 1.29 is 9.18 Å². The van der Waals surface area contributed by atoms with Crippen LogP contribution in [-0.4, -0.2) is 27.9 Å². The standard InChI is InChI=1S/C25H28FN3O/c1-17(2)29(18(3)4)25(30)23-15-14-22(28-24(23)26)16-27-21-12-10-20(11-13-21)19-8-6-5-7-9-19/h5-15,17-18,27H,16H2,1-4H3. The summed E-state index contributed by atoms with van der Waals surface area (Å²) in [5, 5.41) is 3.25. The number of nitrogens with one attached hydrogen (secondary N) is 1. The zero-order valence-electron chi connectivity index (χ0n) is 17.9. The van der Waals surface area contributed by atoms with Gasteiger partial charge in [0.1, 0.15) is 0 Å². The molecule has 3 rings (SSSR count). The molecule has 0 aliphatic carbocycles. The van der Waals surface area contributed by atoms with Gasteiger partial charge in [-0.1, -0.05) is 42.5 Å². The fourth-order valence-corrected chi connectivity index (χ4v) is 3.54. The van der Waals surface area contributed by atoms with Crippen molar-refractivity contribution in [3.8, 4) is 11.1 Å². The Labute approximate surface area is 177 Å². The zero-order valence-corrected chi connectivity index (χ0v) is 17.9. The first kappa shape index (κ1) is 21.5. The molecule has 0 radical (unpaired) electrons. The molecule has 156 valence electrons. The molecule has 0 fully saturated rings. The van der Waals surface area contributed by atoms with Crippen LogP contribution in [0.2, 0.25) is 0 Å². The zero-order chi connectivity index (χ0) is 21.7. The van der Waals surface area contributed by atoms with Crippen LogP contribution in [0.1, 0.15) is 43.7 Å². The van der Waals surface area contributed by atoms with E-state index in [0.29, 0.717) is 12.2 Å². The molecular weight excluding hydrogens is 377 g/mol. The highest BCUT2D eigenvalue weighted by Crippen LogP contribution is 2.21. The molecule has 5 heteroatoms. The lowest BCUT2D eigenvalue weighted by Crippen LogP contribution is -2.42. The van der Waals surface area contributed by atoms with Crippen molar-refractivity contribution in [1.29, 1.82) is 0 Å². The second-order valence-corrected chi connectivity index (χ2v) is 7.84. The van der Waals surface area contributed by atoms with Gasteiger partial charge in [-0.3, -0.25) is 4.79 Å². The minimum atomic E-state index is -0.731. The van der Waals surface area contributed by atoms with E-state index >= 15 is 0 Å². The number of benzene rings is 2. The minimum absolute atomic E-state index is 0.00774. The highest BCUT2D eigenvalue weighted by molar-refractivity contribution is 5.94. The molecule has 0 spiro atoms. The highest BCUT2D eigenvalue weighted by atomic mass is 19.1. The van der Waals surface area contributed by atoms with Gasteiger partial charge in [-0.15, -0.1) is 0 Å². The Hall–Kier alpha value is -3.21. The highest BCUT2D eigenvalue weighted by Gasteiger charge is 2.24. The smallest absolute Gasteiger partial charge is 0.258 e. The molecule has 0 saturated carbocycles. The van der Waals surface area contributed by atoms with Gasteiger partial charge in [0, 0.05) is 17.8 Å². The first-order chi connectivity index (χ1) is 14.4. The van der Waals surface area contributed by atoms with Crippen LogP contribution in [0.25, 0.3) is 11.1 Å². The summed E-state index contributed by atoms with van der Waals surface area (Å²) in [7, 11) is 0. The summed E-state index contributed by atoms with van der Waals surface area (Å²) in [5.41, 5.74) is 3.76. The molecular formula is C25H28FN3O. The molecule has 1 amide bonds. The van der Waals surface area contributed by atoms with Crippen molar-refractivity contribution in [2.45, 2.75) is 46.3 Å². The molecule has 0 unspecified atom stereocenters. The molecule has 0 aliphatic heterocycles. The summed E-state index contributed by atoms with van der Waals surface area (Å²) in [5.74, 6) is -1.06. The van der Waals surface area contributed by atoms with Crippen LogP contribution in [0.15, 0.2) is 66.7 Å². The summed E-state index contributed by atoms with van der Waals surface area (Å²) in [6, 6.07) is 21.4. The third kappa shape index (κ3) is 5.03. The van der Waals surface area contributed by atoms with Gasteiger partial charge >= 0.3 is 0 Å². The number of hydrogen-bond acceptors (Lipinski definition) is 3. The third-order valence-electron chi connectivity index (χ3n) is 4.95. The van der Waals surface area contributed by atoms with E-state index in [2.05, 4.69) is 22.4 Å².